The van der Waals surface area contributed by atoms with Crippen LogP contribution in [0.3, 0.4) is 0 Å². The Kier molecular flexibility index (Phi) is 8.06. The van der Waals surface area contributed by atoms with Gasteiger partial charge in [0, 0.05) is 18.1 Å². The van der Waals surface area contributed by atoms with Crippen molar-refractivity contribution in [3.8, 4) is 6.19 Å². The highest BCUT2D eigenvalue weighted by atomic mass is 32.2. The van der Waals surface area contributed by atoms with Crippen LogP contribution in [-0.4, -0.2) is 36.3 Å². The lowest BCUT2D eigenvalue weighted by Crippen LogP contribution is -2.36. The van der Waals surface area contributed by atoms with Gasteiger partial charge in [0.1, 0.15) is 0 Å². The third-order valence-corrected chi connectivity index (χ3v) is 7.56. The summed E-state index contributed by atoms with van der Waals surface area (Å²) < 4.78 is 32.5. The molecule has 2 N–H and O–H groups in total. The molecule has 0 radical (unpaired) electrons. The van der Waals surface area contributed by atoms with E-state index in [9.17, 15) is 8.42 Å². The predicted molar refractivity (Wildman–Crippen MR) is 128 cm³/mol. The van der Waals surface area contributed by atoms with Crippen LogP contribution in [0.4, 0.5) is 5.69 Å². The van der Waals surface area contributed by atoms with Gasteiger partial charge in [-0.05, 0) is 76.3 Å². The van der Waals surface area contributed by atoms with E-state index in [1.165, 1.54) is 0 Å². The molecule has 9 heteroatoms. The molecular formula is C24H31N5O3S. The van der Waals surface area contributed by atoms with E-state index < -0.39 is 15.1 Å². The number of hydrogen-bond donors (Lipinski definition) is 2. The van der Waals surface area contributed by atoms with Crippen LogP contribution in [0.1, 0.15) is 52.0 Å². The van der Waals surface area contributed by atoms with Crippen LogP contribution in [-0.2, 0) is 21.1 Å². The number of aliphatic imine (C=N–C) groups is 1. The van der Waals surface area contributed by atoms with E-state index in [-0.39, 0.29) is 18.2 Å². The van der Waals surface area contributed by atoms with Crippen molar-refractivity contribution in [2.75, 3.05) is 5.32 Å². The standard InChI is InChI=1S/C24H31N5O3S/c1-24(2,3)32-20-5-4-6-22(15-20)33(30,31)21-9-7-18(8-10-21)16-27-23(28-17-25)29-19-11-13-26-14-12-19/h7-14,20,22H,4-6,15-16H2,1-3H3,(H2,26,27,28,29). The van der Waals surface area contributed by atoms with Gasteiger partial charge in [-0.2, -0.15) is 5.26 Å². The molecule has 1 aliphatic carbocycles. The van der Waals surface area contributed by atoms with Crippen molar-refractivity contribution in [1.82, 2.24) is 10.3 Å². The summed E-state index contributed by atoms with van der Waals surface area (Å²) in [5, 5.41) is 14.1. The van der Waals surface area contributed by atoms with Gasteiger partial charge in [0.25, 0.3) is 0 Å². The number of guanidine groups is 1. The maximum absolute atomic E-state index is 13.2. The zero-order valence-electron chi connectivity index (χ0n) is 19.3. The lowest BCUT2D eigenvalue weighted by Gasteiger charge is -2.33. The Bertz CT molecular complexity index is 1090. The maximum atomic E-state index is 13.2. The predicted octanol–water partition coefficient (Wildman–Crippen LogP) is 4.02. The third-order valence-electron chi connectivity index (χ3n) is 5.33. The van der Waals surface area contributed by atoms with Gasteiger partial charge < -0.3 is 10.1 Å². The Morgan fingerprint density at radius 2 is 1.88 bits per heavy atom. The highest BCUT2D eigenvalue weighted by Gasteiger charge is 2.34. The van der Waals surface area contributed by atoms with E-state index in [1.54, 1.807) is 48.8 Å². The molecule has 0 bridgehead atoms. The molecule has 2 atom stereocenters. The lowest BCUT2D eigenvalue weighted by molar-refractivity contribution is -0.0726. The van der Waals surface area contributed by atoms with E-state index >= 15 is 0 Å². The summed E-state index contributed by atoms with van der Waals surface area (Å²) in [4.78, 5) is 8.66. The van der Waals surface area contributed by atoms with Crippen molar-refractivity contribution in [2.45, 2.75) is 74.8 Å². The van der Waals surface area contributed by atoms with Crippen molar-refractivity contribution < 1.29 is 13.2 Å². The SMILES string of the molecule is CC(C)(C)OC1CCCC(S(=O)(=O)c2ccc(CN=C(NC#N)Nc3ccncc3)cc2)C1. The number of benzene rings is 1. The van der Waals surface area contributed by atoms with E-state index in [4.69, 9.17) is 10.00 Å². The van der Waals surface area contributed by atoms with Crippen molar-refractivity contribution in [3.05, 3.63) is 54.4 Å². The first-order chi connectivity index (χ1) is 15.7. The molecule has 0 amide bonds. The second kappa shape index (κ2) is 10.8. The molecule has 3 rings (SSSR count). The van der Waals surface area contributed by atoms with Crippen LogP contribution in [0.25, 0.3) is 0 Å². The molecule has 2 aromatic rings. The summed E-state index contributed by atoms with van der Waals surface area (Å²) in [6.07, 6.45) is 8.01. The van der Waals surface area contributed by atoms with E-state index in [2.05, 4.69) is 20.6 Å². The first-order valence-corrected chi connectivity index (χ1v) is 12.6. The van der Waals surface area contributed by atoms with Crippen LogP contribution in [0.2, 0.25) is 0 Å². The van der Waals surface area contributed by atoms with Crippen molar-refractivity contribution in [1.29, 1.82) is 5.26 Å². The average molecular weight is 470 g/mol. The Labute approximate surface area is 196 Å². The van der Waals surface area contributed by atoms with Gasteiger partial charge in [-0.15, -0.1) is 0 Å². The van der Waals surface area contributed by atoms with Gasteiger partial charge in [-0.3, -0.25) is 10.3 Å². The summed E-state index contributed by atoms with van der Waals surface area (Å²) in [5.74, 6) is 0.299. The number of ether oxygens (including phenoxy) is 1. The molecule has 1 fully saturated rings. The molecule has 0 aliphatic heterocycles. The van der Waals surface area contributed by atoms with Gasteiger partial charge in [0.05, 0.1) is 28.4 Å². The smallest absolute Gasteiger partial charge is 0.209 e. The Morgan fingerprint density at radius 3 is 2.52 bits per heavy atom. The van der Waals surface area contributed by atoms with Crippen LogP contribution < -0.4 is 10.6 Å². The van der Waals surface area contributed by atoms with Gasteiger partial charge in [0.15, 0.2) is 16.0 Å². The van der Waals surface area contributed by atoms with Crippen molar-refractivity contribution in [2.24, 2.45) is 4.99 Å². The second-order valence-electron chi connectivity index (χ2n) is 9.09. The molecular weight excluding hydrogens is 438 g/mol. The van der Waals surface area contributed by atoms with Crippen molar-refractivity contribution in [3.63, 3.8) is 0 Å². The molecule has 1 aliphatic rings. The van der Waals surface area contributed by atoms with E-state index in [0.29, 0.717) is 23.7 Å². The number of sulfone groups is 1. The molecule has 1 heterocycles. The number of rotatable bonds is 6. The highest BCUT2D eigenvalue weighted by Crippen LogP contribution is 2.32. The molecule has 0 spiro atoms. The van der Waals surface area contributed by atoms with Gasteiger partial charge in [-0.1, -0.05) is 12.1 Å². The zero-order valence-corrected chi connectivity index (χ0v) is 20.1. The molecule has 1 aromatic heterocycles. The first-order valence-electron chi connectivity index (χ1n) is 11.0. The third kappa shape index (κ3) is 7.27. The topological polar surface area (TPSA) is 116 Å². The number of pyridine rings is 1. The largest absolute Gasteiger partial charge is 0.373 e. The average Bonchev–Trinajstić information content (AvgIpc) is 2.78. The minimum atomic E-state index is -3.44. The van der Waals surface area contributed by atoms with Crippen LogP contribution >= 0.6 is 0 Å². The van der Waals surface area contributed by atoms with Gasteiger partial charge in [-0.25, -0.2) is 13.4 Å². The summed E-state index contributed by atoms with van der Waals surface area (Å²) in [7, 11) is -3.44. The number of anilines is 1. The zero-order chi connectivity index (χ0) is 23.9. The lowest BCUT2D eigenvalue weighted by atomic mass is 9.96. The molecule has 1 saturated carbocycles. The van der Waals surface area contributed by atoms with Crippen LogP contribution in [0.15, 0.2) is 58.7 Å². The fourth-order valence-electron chi connectivity index (χ4n) is 3.87. The Hall–Kier alpha value is -2.96. The van der Waals surface area contributed by atoms with Gasteiger partial charge >= 0.3 is 0 Å². The number of nitriles is 1. The van der Waals surface area contributed by atoms with Crippen LogP contribution in [0.5, 0.6) is 0 Å². The van der Waals surface area contributed by atoms with Crippen LogP contribution in [0, 0.1) is 11.5 Å². The van der Waals surface area contributed by atoms with E-state index in [1.807, 2.05) is 27.0 Å². The van der Waals surface area contributed by atoms with Crippen molar-refractivity contribution >= 4 is 21.5 Å². The Balaban J connectivity index is 1.67. The normalized spacial score (nSPS) is 19.5. The fourth-order valence-corrected chi connectivity index (χ4v) is 5.72. The molecule has 1 aromatic carbocycles. The number of nitrogens with zero attached hydrogens (tertiary/aromatic N) is 3. The van der Waals surface area contributed by atoms with Gasteiger partial charge in [0.2, 0.25) is 5.96 Å². The highest BCUT2D eigenvalue weighted by molar-refractivity contribution is 7.92. The number of aromatic nitrogens is 1. The summed E-state index contributed by atoms with van der Waals surface area (Å²) in [5.41, 5.74) is 1.29. The quantitative estimate of drug-likeness (QED) is 0.284. The molecule has 176 valence electrons. The molecule has 33 heavy (non-hydrogen) atoms. The minimum absolute atomic E-state index is 0.0360. The van der Waals surface area contributed by atoms with E-state index in [0.717, 1.165) is 24.1 Å². The first kappa shape index (κ1) is 24.7. The minimum Gasteiger partial charge on any atom is -0.373 e. The molecule has 8 nitrogen and oxygen atoms in total. The number of nitrogens with one attached hydrogen (secondary N) is 2. The summed E-state index contributed by atoms with van der Waals surface area (Å²) in [6, 6.07) is 10.3. The fraction of sp³-hybridized carbons (Fsp3) is 0.458. The molecule has 0 saturated heterocycles. The summed E-state index contributed by atoms with van der Waals surface area (Å²) >= 11 is 0. The second-order valence-corrected chi connectivity index (χ2v) is 11.3. The molecule has 2 unspecified atom stereocenters. The Morgan fingerprint density at radius 1 is 1.18 bits per heavy atom. The summed E-state index contributed by atoms with van der Waals surface area (Å²) in [6.45, 7) is 6.27. The number of hydrogen-bond acceptors (Lipinski definition) is 6. The maximum Gasteiger partial charge on any atom is 0.209 e. The monoisotopic (exact) mass is 469 g/mol.